The number of hydrogen-bond acceptors (Lipinski definition) is 20. The molecule has 2 aromatic rings. The predicted octanol–water partition coefficient (Wildman–Crippen LogP) is 5.55. The van der Waals surface area contributed by atoms with Crippen molar-refractivity contribution in [3.05, 3.63) is 65.7 Å². The van der Waals surface area contributed by atoms with Crippen molar-refractivity contribution in [1.29, 1.82) is 0 Å². The van der Waals surface area contributed by atoms with Crippen molar-refractivity contribution >= 4 is 106 Å². The summed E-state index contributed by atoms with van der Waals surface area (Å²) in [6, 6.07) is 8.66. The van der Waals surface area contributed by atoms with Crippen LogP contribution in [0.3, 0.4) is 0 Å². The van der Waals surface area contributed by atoms with Gasteiger partial charge in [0.05, 0.1) is 54.8 Å². The van der Waals surface area contributed by atoms with E-state index in [0.717, 1.165) is 4.90 Å². The van der Waals surface area contributed by atoms with E-state index in [4.69, 9.17) is 24.8 Å². The second-order valence-electron chi connectivity index (χ2n) is 30.1. The molecule has 0 spiro atoms. The van der Waals surface area contributed by atoms with Crippen molar-refractivity contribution in [3.63, 3.8) is 0 Å². The van der Waals surface area contributed by atoms with Gasteiger partial charge in [0, 0.05) is 90.6 Å². The molecule has 1 saturated carbocycles. The fraction of sp³-hybridized carbons (Fsp3) is 0.649. The number of nitrogens with one attached hydrogen (secondary N) is 6. The molecule has 2 aromatic carbocycles. The Balaban J connectivity index is 0.976. The molecule has 0 aromatic heterocycles. The number of anilines is 1. The summed E-state index contributed by atoms with van der Waals surface area (Å²) in [6.07, 6.45) is 2.27. The number of amides is 14. The lowest BCUT2D eigenvalue weighted by molar-refractivity contribution is -0.198. The normalized spacial score (nSPS) is 18.6. The third kappa shape index (κ3) is 25.5. The Kier molecular flexibility index (Phi) is 34.4. The third-order valence-electron chi connectivity index (χ3n) is 20.8. The molecule has 0 radical (unpaired) electrons. The van der Waals surface area contributed by atoms with E-state index in [2.05, 4.69) is 31.9 Å². The van der Waals surface area contributed by atoms with Crippen LogP contribution in [0.25, 0.3) is 0 Å². The Labute approximate surface area is 643 Å². The van der Waals surface area contributed by atoms with Gasteiger partial charge in [0.2, 0.25) is 53.2 Å². The largest absolute Gasteiger partial charge is 0.445 e. The molecule has 14 amide bonds. The number of carbonyl (C=O) groups is 15. The van der Waals surface area contributed by atoms with Crippen LogP contribution in [0.1, 0.15) is 181 Å². The van der Waals surface area contributed by atoms with Crippen LogP contribution >= 0.6 is 11.8 Å². The van der Waals surface area contributed by atoms with Crippen molar-refractivity contribution in [2.45, 2.75) is 225 Å². The standard InChI is InChI=1S/C77H114N12O19S/c1-14-48(8)67(56(105-12)39-61(94)87-38-22-26-54(87)68(106-13)49(9)69(97)80-42-55(90)51-23-17-15-18-24-51)85(10)74(102)65(46(4)5)84-72(100)66(47(6)7)86(11)76(104)107-43-50-28-30-52(31-29-50)81-70(98)53(25-21-36-79-75(78)103)82-71(99)64(45(2)3)83-58(91)27-19-16-20-37-88-62(95)40-57(73(88)101)109-44-77(34-35-77)41-63(96)108-89-59(92)32-33-60(89)93/h15,17-18,23-24,28-31,45-49,53-54,56-57,64-68H,14,16,19-22,25-27,32-44H2,1-13H3,(H,80,97)(H,81,98)(H,82,99)(H,83,91)(H,84,100)(H3,78,79,103)/t48-,49+,53-,54-,56+,57?,64-,65-,66-,67-,68+/m0/s1. The number of rotatable bonds is 44. The Morgan fingerprint density at radius 1 is 0.716 bits per heavy atom. The molecule has 3 heterocycles. The van der Waals surface area contributed by atoms with Crippen molar-refractivity contribution < 1.29 is 91.0 Å². The number of unbranched alkanes of at least 4 members (excludes halogenated alkanes) is 2. The fourth-order valence-electron chi connectivity index (χ4n) is 14.0. The average molecular weight is 1540 g/mol. The Morgan fingerprint density at radius 3 is 1.97 bits per heavy atom. The Hall–Kier alpha value is -9.04. The first kappa shape index (κ1) is 88.9. The maximum Gasteiger partial charge on any atom is 0.410 e. The zero-order valence-electron chi connectivity index (χ0n) is 65.3. The molecule has 8 N–H and O–H groups in total. The van der Waals surface area contributed by atoms with Gasteiger partial charge in [0.25, 0.3) is 11.8 Å². The summed E-state index contributed by atoms with van der Waals surface area (Å²) in [4.78, 5) is 210. The first-order chi connectivity index (χ1) is 51.7. The van der Waals surface area contributed by atoms with Crippen LogP contribution in [0.4, 0.5) is 15.3 Å². The topological polar surface area (TPSA) is 407 Å². The average Bonchev–Trinajstić information content (AvgIpc) is 1.74. The minimum Gasteiger partial charge on any atom is -0.445 e. The number of hydroxylamine groups is 2. The van der Waals surface area contributed by atoms with Gasteiger partial charge in [-0.15, -0.1) is 16.8 Å². The third-order valence-corrected chi connectivity index (χ3v) is 22.4. The van der Waals surface area contributed by atoms with Crippen molar-refractivity contribution in [1.82, 2.24) is 51.2 Å². The van der Waals surface area contributed by atoms with E-state index >= 15 is 0 Å². The van der Waals surface area contributed by atoms with Crippen LogP contribution in [0.2, 0.25) is 0 Å². The number of imide groups is 2. The Bertz CT molecular complexity index is 3530. The number of methoxy groups -OCH3 is 2. The summed E-state index contributed by atoms with van der Waals surface area (Å²) in [5.74, 6) is -7.97. The number of benzene rings is 2. The van der Waals surface area contributed by atoms with Crippen LogP contribution in [0.15, 0.2) is 54.6 Å². The minimum atomic E-state index is -1.16. The number of urea groups is 1. The number of likely N-dealkylation sites (tertiary alicyclic amines) is 2. The molecule has 6 rings (SSSR count). The maximum absolute atomic E-state index is 14.8. The molecule has 109 heavy (non-hydrogen) atoms. The highest BCUT2D eigenvalue weighted by molar-refractivity contribution is 8.00. The van der Waals surface area contributed by atoms with Gasteiger partial charge in [-0.3, -0.25) is 67.3 Å². The zero-order valence-corrected chi connectivity index (χ0v) is 66.1. The van der Waals surface area contributed by atoms with E-state index in [0.29, 0.717) is 85.5 Å². The summed E-state index contributed by atoms with van der Waals surface area (Å²) in [5.41, 5.74) is 6.11. The van der Waals surface area contributed by atoms with E-state index in [-0.39, 0.29) is 107 Å². The minimum absolute atomic E-state index is 0.00556. The number of nitrogens with two attached hydrogens (primary N) is 1. The lowest BCUT2D eigenvalue weighted by atomic mass is 9.89. The number of thioether (sulfide) groups is 1. The summed E-state index contributed by atoms with van der Waals surface area (Å²) in [5, 5.41) is 16.4. The van der Waals surface area contributed by atoms with Crippen LogP contribution in [0.5, 0.6) is 0 Å². The number of ether oxygens (including phenoxy) is 3. The lowest BCUT2D eigenvalue weighted by Gasteiger charge is -2.41. The second-order valence-corrected chi connectivity index (χ2v) is 31.3. The second kappa shape index (κ2) is 42.2. The SMILES string of the molecule is CC[C@H](C)[C@@H]([C@@H](CC(=O)N1CCC[C@H]1[C@H](OC)[C@@H](C)C(=O)NCC(=O)c1ccccc1)OC)N(C)C(=O)[C@@H](NC(=O)[C@H](C(C)C)N(C)C(=O)OCc1ccc(NC(=O)[C@H](CCCNC(N)=O)NC(=O)[C@@H](NC(=O)CCCCCN2C(=O)CC(SCC3(CC(=O)ON4C(=O)CCC4=O)CC3)C2=O)C(C)C)cc1)C(C)C. The van der Waals surface area contributed by atoms with Crippen LogP contribution < -0.4 is 37.6 Å². The molecule has 1 unspecified atom stereocenters. The lowest BCUT2D eigenvalue weighted by Crippen LogP contribution is -2.60. The van der Waals surface area contributed by atoms with Gasteiger partial charge in [-0.1, -0.05) is 118 Å². The maximum atomic E-state index is 14.8. The van der Waals surface area contributed by atoms with E-state index in [1.807, 2.05) is 13.8 Å². The monoisotopic (exact) mass is 1540 g/mol. The molecule has 1 aliphatic carbocycles. The molecule has 0 bridgehead atoms. The van der Waals surface area contributed by atoms with Crippen LogP contribution in [-0.2, 0) is 83.2 Å². The van der Waals surface area contributed by atoms with Gasteiger partial charge in [-0.05, 0) is 98.1 Å². The summed E-state index contributed by atoms with van der Waals surface area (Å²) in [7, 11) is 6.01. The molecular formula is C77H114N12O19S. The van der Waals surface area contributed by atoms with E-state index in [9.17, 15) is 71.9 Å². The summed E-state index contributed by atoms with van der Waals surface area (Å²) >= 11 is 1.30. The number of carbonyl (C=O) groups excluding carboxylic acids is 15. The summed E-state index contributed by atoms with van der Waals surface area (Å²) < 4.78 is 17.7. The molecule has 3 saturated heterocycles. The van der Waals surface area contributed by atoms with Crippen molar-refractivity contribution in [2.24, 2.45) is 40.7 Å². The summed E-state index contributed by atoms with van der Waals surface area (Å²) in [6.45, 7) is 16.4. The van der Waals surface area contributed by atoms with E-state index in [1.54, 1.807) is 115 Å². The van der Waals surface area contributed by atoms with E-state index < -0.39 is 148 Å². The molecule has 11 atom stereocenters. The van der Waals surface area contributed by atoms with E-state index in [1.165, 1.54) is 42.8 Å². The highest BCUT2D eigenvalue weighted by atomic mass is 32.2. The first-order valence-electron chi connectivity index (χ1n) is 37.9. The molecule has 4 aliphatic rings. The number of Topliss-reactive ketones (excluding diaryl/α,β-unsaturated/α-hetero) is 1. The molecule has 31 nitrogen and oxygen atoms in total. The van der Waals surface area contributed by atoms with Gasteiger partial charge in [-0.25, -0.2) is 14.4 Å². The van der Waals surface area contributed by atoms with Gasteiger partial charge >= 0.3 is 18.1 Å². The van der Waals surface area contributed by atoms with Crippen molar-refractivity contribution in [2.75, 3.05) is 65.6 Å². The number of ketones is 1. The fourth-order valence-corrected chi connectivity index (χ4v) is 15.5. The zero-order chi connectivity index (χ0) is 80.6. The highest BCUT2D eigenvalue weighted by Gasteiger charge is 2.49. The van der Waals surface area contributed by atoms with Gasteiger partial charge in [0.1, 0.15) is 30.8 Å². The smallest absolute Gasteiger partial charge is 0.410 e. The predicted molar refractivity (Wildman–Crippen MR) is 403 cm³/mol. The number of hydrogen-bond donors (Lipinski definition) is 7. The highest BCUT2D eigenvalue weighted by Crippen LogP contribution is 2.52. The van der Waals surface area contributed by atoms with Gasteiger partial charge < -0.3 is 66.5 Å². The van der Waals surface area contributed by atoms with Crippen LogP contribution in [-0.4, -0.2) is 227 Å². The molecule has 602 valence electrons. The quantitative estimate of drug-likeness (QED) is 0.0243. The molecule has 4 fully saturated rings. The Morgan fingerprint density at radius 2 is 1.38 bits per heavy atom. The first-order valence-corrected chi connectivity index (χ1v) is 38.9. The molecule has 3 aliphatic heterocycles. The molecular weight excluding hydrogens is 1430 g/mol. The number of primary amides is 1. The van der Waals surface area contributed by atoms with Gasteiger partial charge in [0.15, 0.2) is 5.78 Å². The van der Waals surface area contributed by atoms with Crippen molar-refractivity contribution in [3.8, 4) is 0 Å². The van der Waals surface area contributed by atoms with Gasteiger partial charge in [-0.2, -0.15) is 0 Å². The van der Waals surface area contributed by atoms with Crippen LogP contribution in [0, 0.1) is 35.0 Å². The molecule has 32 heteroatoms. The number of likely N-dealkylation sites (N-methyl/N-ethyl adjacent to an activating group) is 2. The number of nitrogens with zero attached hydrogens (tertiary/aromatic N) is 5.